The van der Waals surface area contributed by atoms with E-state index in [2.05, 4.69) is 0 Å². The number of nitriles is 1. The predicted molar refractivity (Wildman–Crippen MR) is 84.0 cm³/mol. The minimum absolute atomic E-state index is 0.0195. The average Bonchev–Trinajstić information content (AvgIpc) is 2.47. The zero-order chi connectivity index (χ0) is 16.3. The lowest BCUT2D eigenvalue weighted by Gasteiger charge is -2.19. The van der Waals surface area contributed by atoms with Crippen LogP contribution in [0.2, 0.25) is 10.0 Å². The Hall–Kier alpha value is -2.55. The van der Waals surface area contributed by atoms with Crippen molar-refractivity contribution in [1.29, 1.82) is 5.26 Å². The highest BCUT2D eigenvalue weighted by atomic mass is 35.5. The van der Waals surface area contributed by atoms with Crippen LogP contribution in [0.1, 0.15) is 15.9 Å². The fraction of sp³-hybridized carbons (Fsp3) is 0. The summed E-state index contributed by atoms with van der Waals surface area (Å²) < 4.78 is 0. The average molecular weight is 334 g/mol. The van der Waals surface area contributed by atoms with Crippen LogP contribution in [0.25, 0.3) is 0 Å². The highest BCUT2D eigenvalue weighted by Gasteiger charge is 2.26. The molecule has 0 saturated heterocycles. The van der Waals surface area contributed by atoms with Crippen molar-refractivity contribution in [2.45, 2.75) is 0 Å². The van der Waals surface area contributed by atoms with E-state index in [4.69, 9.17) is 34.2 Å². The topological polar surface area (TPSA) is 87.2 Å². The number of anilines is 1. The molecule has 5 nitrogen and oxygen atoms in total. The Morgan fingerprint density at radius 1 is 1.05 bits per heavy atom. The van der Waals surface area contributed by atoms with Crippen LogP contribution in [-0.2, 0) is 0 Å². The summed E-state index contributed by atoms with van der Waals surface area (Å²) in [5.74, 6) is -0.743. The van der Waals surface area contributed by atoms with E-state index in [0.29, 0.717) is 5.56 Å². The number of primary amides is 1. The molecule has 0 saturated carbocycles. The third-order valence-corrected chi connectivity index (χ3v) is 3.48. The summed E-state index contributed by atoms with van der Waals surface area (Å²) in [5.41, 5.74) is 5.87. The van der Waals surface area contributed by atoms with Gasteiger partial charge in [-0.15, -0.1) is 0 Å². The van der Waals surface area contributed by atoms with Gasteiger partial charge < -0.3 is 5.73 Å². The van der Waals surface area contributed by atoms with Crippen molar-refractivity contribution in [1.82, 2.24) is 0 Å². The number of carbonyl (C=O) groups is 2. The number of carbonyl (C=O) groups excluding carboxylic acids is 2. The van der Waals surface area contributed by atoms with E-state index in [-0.39, 0.29) is 21.3 Å². The molecule has 2 aromatic carbocycles. The van der Waals surface area contributed by atoms with Gasteiger partial charge >= 0.3 is 6.03 Å². The molecule has 0 aliphatic rings. The molecular weight excluding hydrogens is 325 g/mol. The van der Waals surface area contributed by atoms with E-state index >= 15 is 0 Å². The van der Waals surface area contributed by atoms with Gasteiger partial charge in [-0.3, -0.25) is 4.79 Å². The number of nitrogens with two attached hydrogens (primary N) is 1. The molecule has 0 unspecified atom stereocenters. The van der Waals surface area contributed by atoms with Crippen LogP contribution in [0.5, 0.6) is 0 Å². The molecule has 22 heavy (non-hydrogen) atoms. The van der Waals surface area contributed by atoms with Gasteiger partial charge in [0.05, 0.1) is 32.9 Å². The number of nitrogens with zero attached hydrogens (tertiary/aromatic N) is 2. The molecule has 0 aliphatic heterocycles. The molecule has 0 aromatic heterocycles. The maximum Gasteiger partial charge on any atom is 0.326 e. The second-order valence-electron chi connectivity index (χ2n) is 4.23. The minimum Gasteiger partial charge on any atom is -0.351 e. The molecule has 0 radical (unpaired) electrons. The Bertz CT molecular complexity index is 762. The van der Waals surface area contributed by atoms with E-state index in [1.165, 1.54) is 36.4 Å². The fourth-order valence-corrected chi connectivity index (χ4v) is 2.40. The largest absolute Gasteiger partial charge is 0.351 e. The number of imide groups is 1. The normalized spacial score (nSPS) is 9.86. The first-order valence-corrected chi connectivity index (χ1v) is 6.79. The number of halogens is 2. The lowest BCUT2D eigenvalue weighted by Crippen LogP contribution is -2.41. The highest BCUT2D eigenvalue weighted by molar-refractivity contribution is 6.41. The molecule has 2 rings (SSSR count). The van der Waals surface area contributed by atoms with Gasteiger partial charge in [0, 0.05) is 0 Å². The van der Waals surface area contributed by atoms with E-state index in [9.17, 15) is 9.59 Å². The minimum atomic E-state index is -0.981. The second kappa shape index (κ2) is 6.48. The van der Waals surface area contributed by atoms with Crippen molar-refractivity contribution in [3.8, 4) is 6.07 Å². The van der Waals surface area contributed by atoms with Crippen LogP contribution in [0, 0.1) is 11.3 Å². The predicted octanol–water partition coefficient (Wildman–Crippen LogP) is 3.59. The monoisotopic (exact) mass is 333 g/mol. The van der Waals surface area contributed by atoms with Gasteiger partial charge in [-0.05, 0) is 36.4 Å². The first-order valence-electron chi connectivity index (χ1n) is 6.03. The molecule has 0 atom stereocenters. The SMILES string of the molecule is N#Cc1ccc(N(C(N)=O)C(=O)c2c(Cl)cccc2Cl)cc1. The van der Waals surface area contributed by atoms with Crippen LogP contribution < -0.4 is 10.6 Å². The second-order valence-corrected chi connectivity index (χ2v) is 5.05. The first-order chi connectivity index (χ1) is 10.5. The van der Waals surface area contributed by atoms with Crippen molar-refractivity contribution in [3.63, 3.8) is 0 Å². The van der Waals surface area contributed by atoms with E-state index in [0.717, 1.165) is 4.90 Å². The van der Waals surface area contributed by atoms with Gasteiger partial charge in [0.15, 0.2) is 0 Å². The maximum absolute atomic E-state index is 12.6. The van der Waals surface area contributed by atoms with Gasteiger partial charge in [0.25, 0.3) is 5.91 Å². The van der Waals surface area contributed by atoms with E-state index in [1.807, 2.05) is 6.07 Å². The molecule has 0 fully saturated rings. The van der Waals surface area contributed by atoms with Crippen molar-refractivity contribution < 1.29 is 9.59 Å². The third-order valence-electron chi connectivity index (χ3n) is 2.85. The van der Waals surface area contributed by atoms with Gasteiger partial charge in [-0.1, -0.05) is 29.3 Å². The van der Waals surface area contributed by atoms with E-state index < -0.39 is 11.9 Å². The number of rotatable bonds is 2. The van der Waals surface area contributed by atoms with Gasteiger partial charge in [0.1, 0.15) is 0 Å². The molecule has 2 N–H and O–H groups in total. The molecule has 0 heterocycles. The van der Waals surface area contributed by atoms with Gasteiger partial charge in [-0.2, -0.15) is 5.26 Å². The quantitative estimate of drug-likeness (QED) is 0.910. The zero-order valence-corrected chi connectivity index (χ0v) is 12.6. The Kier molecular flexibility index (Phi) is 4.66. The number of amides is 3. The summed E-state index contributed by atoms with van der Waals surface area (Å²) in [7, 11) is 0. The Morgan fingerprint density at radius 2 is 1.59 bits per heavy atom. The van der Waals surface area contributed by atoms with Crippen molar-refractivity contribution in [2.75, 3.05) is 4.90 Å². The number of hydrogen-bond donors (Lipinski definition) is 1. The van der Waals surface area contributed by atoms with Crippen LogP contribution in [0.3, 0.4) is 0 Å². The van der Waals surface area contributed by atoms with Gasteiger partial charge in [0.2, 0.25) is 0 Å². The fourth-order valence-electron chi connectivity index (χ4n) is 1.84. The molecule has 7 heteroatoms. The van der Waals surface area contributed by atoms with Crippen LogP contribution in [0.15, 0.2) is 42.5 Å². The Labute approximate surface area is 136 Å². The van der Waals surface area contributed by atoms with Crippen molar-refractivity contribution in [2.24, 2.45) is 5.73 Å². The van der Waals surface area contributed by atoms with Crippen molar-refractivity contribution >= 4 is 40.8 Å². The molecule has 0 aliphatic carbocycles. The highest BCUT2D eigenvalue weighted by Crippen LogP contribution is 2.28. The molecule has 2 aromatic rings. The first kappa shape index (κ1) is 15.8. The lowest BCUT2D eigenvalue weighted by molar-refractivity contribution is 0.0995. The van der Waals surface area contributed by atoms with Crippen molar-refractivity contribution in [3.05, 3.63) is 63.6 Å². The maximum atomic E-state index is 12.6. The summed E-state index contributed by atoms with van der Waals surface area (Å²) in [6.07, 6.45) is 0. The molecule has 0 spiro atoms. The van der Waals surface area contributed by atoms with Crippen LogP contribution in [0.4, 0.5) is 10.5 Å². The summed E-state index contributed by atoms with van der Waals surface area (Å²) in [4.78, 5) is 25.0. The van der Waals surface area contributed by atoms with Crippen LogP contribution in [-0.4, -0.2) is 11.9 Å². The summed E-state index contributed by atoms with van der Waals surface area (Å²) in [6, 6.07) is 11.3. The number of urea groups is 1. The number of benzene rings is 2. The smallest absolute Gasteiger partial charge is 0.326 e. The molecule has 110 valence electrons. The molecule has 3 amide bonds. The molecular formula is C15H9Cl2N3O2. The van der Waals surface area contributed by atoms with Gasteiger partial charge in [-0.25, -0.2) is 9.69 Å². The van der Waals surface area contributed by atoms with E-state index in [1.54, 1.807) is 6.07 Å². The standard InChI is InChI=1S/C15H9Cl2N3O2/c16-11-2-1-3-12(17)13(11)14(21)20(15(19)22)10-6-4-9(8-18)5-7-10/h1-7H,(H2,19,22). The summed E-state index contributed by atoms with van der Waals surface area (Å²) in [6.45, 7) is 0. The molecule has 0 bridgehead atoms. The summed E-state index contributed by atoms with van der Waals surface area (Å²) >= 11 is 12.0. The lowest BCUT2D eigenvalue weighted by atomic mass is 10.1. The summed E-state index contributed by atoms with van der Waals surface area (Å²) in [5, 5.41) is 9.00. The Balaban J connectivity index is 2.50. The Morgan fingerprint density at radius 3 is 2.05 bits per heavy atom. The third kappa shape index (κ3) is 3.03. The number of hydrogen-bond acceptors (Lipinski definition) is 3. The van der Waals surface area contributed by atoms with Crippen LogP contribution >= 0.6 is 23.2 Å². The zero-order valence-electron chi connectivity index (χ0n) is 11.1.